The van der Waals surface area contributed by atoms with Crippen molar-refractivity contribution in [1.29, 1.82) is 0 Å². The number of nitrogens with zero attached hydrogens (tertiary/aromatic N) is 1. The Labute approximate surface area is 105 Å². The van der Waals surface area contributed by atoms with E-state index in [0.717, 1.165) is 17.9 Å². The molecule has 1 saturated heterocycles. The second kappa shape index (κ2) is 4.45. The molecule has 0 radical (unpaired) electrons. The molecule has 0 amide bonds. The summed E-state index contributed by atoms with van der Waals surface area (Å²) in [5.41, 5.74) is 3.22. The second-order valence-corrected chi connectivity index (χ2v) is 5.98. The molecule has 0 saturated carbocycles. The van der Waals surface area contributed by atoms with E-state index in [4.69, 9.17) is 0 Å². The van der Waals surface area contributed by atoms with Crippen LogP contribution in [0.2, 0.25) is 0 Å². The average molecular weight is 229 g/mol. The monoisotopic (exact) mass is 229 g/mol. The highest BCUT2D eigenvalue weighted by Gasteiger charge is 2.38. The standard InChI is InChI=1S/C16H23N/c1-12(2)16-14-8-4-3-7-13(14)11-15(16)17-9-5-6-10-17/h3-4,7-8,12,15-16H,5-6,9-11H2,1-2H3/t15-,16-/m1/s1. The highest BCUT2D eigenvalue weighted by Crippen LogP contribution is 2.41. The van der Waals surface area contributed by atoms with Crippen LogP contribution in [0.1, 0.15) is 43.7 Å². The van der Waals surface area contributed by atoms with Crippen LogP contribution in [0.15, 0.2) is 24.3 Å². The maximum absolute atomic E-state index is 2.74. The lowest BCUT2D eigenvalue weighted by Gasteiger charge is -2.32. The van der Waals surface area contributed by atoms with Crippen molar-refractivity contribution in [2.75, 3.05) is 13.1 Å². The molecule has 1 heterocycles. The minimum absolute atomic E-state index is 0.754. The van der Waals surface area contributed by atoms with Gasteiger partial charge in [0.25, 0.3) is 0 Å². The molecule has 3 rings (SSSR count). The van der Waals surface area contributed by atoms with Gasteiger partial charge in [-0.2, -0.15) is 0 Å². The molecule has 1 aromatic rings. The zero-order chi connectivity index (χ0) is 11.8. The van der Waals surface area contributed by atoms with Crippen LogP contribution < -0.4 is 0 Å². The molecule has 1 fully saturated rings. The molecular weight excluding hydrogens is 206 g/mol. The molecule has 1 aromatic carbocycles. The summed E-state index contributed by atoms with van der Waals surface area (Å²) in [4.78, 5) is 2.74. The lowest BCUT2D eigenvalue weighted by atomic mass is 9.86. The van der Waals surface area contributed by atoms with Crippen molar-refractivity contribution in [3.63, 3.8) is 0 Å². The van der Waals surface area contributed by atoms with Crippen LogP contribution in [0.4, 0.5) is 0 Å². The van der Waals surface area contributed by atoms with Crippen LogP contribution >= 0.6 is 0 Å². The molecule has 92 valence electrons. The molecule has 1 aliphatic heterocycles. The Kier molecular flexibility index (Phi) is 2.96. The Hall–Kier alpha value is -0.820. The fourth-order valence-corrected chi connectivity index (χ4v) is 3.84. The zero-order valence-electron chi connectivity index (χ0n) is 11.0. The van der Waals surface area contributed by atoms with Gasteiger partial charge in [0.05, 0.1) is 0 Å². The fraction of sp³-hybridized carbons (Fsp3) is 0.625. The molecular formula is C16H23N. The van der Waals surface area contributed by atoms with E-state index in [-0.39, 0.29) is 0 Å². The maximum Gasteiger partial charge on any atom is 0.0207 e. The smallest absolute Gasteiger partial charge is 0.0207 e. The number of benzene rings is 1. The second-order valence-electron chi connectivity index (χ2n) is 5.98. The van der Waals surface area contributed by atoms with E-state index in [1.54, 1.807) is 11.1 Å². The largest absolute Gasteiger partial charge is 0.299 e. The van der Waals surface area contributed by atoms with E-state index in [1.165, 1.54) is 32.4 Å². The van der Waals surface area contributed by atoms with Crippen molar-refractivity contribution in [3.8, 4) is 0 Å². The number of likely N-dealkylation sites (tertiary alicyclic amines) is 1. The summed E-state index contributed by atoms with van der Waals surface area (Å²) in [5, 5.41) is 0. The number of rotatable bonds is 2. The maximum atomic E-state index is 2.74. The van der Waals surface area contributed by atoms with Gasteiger partial charge in [-0.3, -0.25) is 4.90 Å². The molecule has 0 bridgehead atoms. The minimum Gasteiger partial charge on any atom is -0.299 e. The highest BCUT2D eigenvalue weighted by molar-refractivity contribution is 5.38. The predicted octanol–water partition coefficient (Wildman–Crippen LogP) is 3.45. The van der Waals surface area contributed by atoms with Crippen molar-refractivity contribution < 1.29 is 0 Å². The lowest BCUT2D eigenvalue weighted by molar-refractivity contribution is 0.198. The van der Waals surface area contributed by atoms with Crippen LogP contribution in [0.5, 0.6) is 0 Å². The molecule has 0 spiro atoms. The summed E-state index contributed by atoms with van der Waals surface area (Å²) in [6.45, 7) is 7.41. The third kappa shape index (κ3) is 1.91. The first-order valence-electron chi connectivity index (χ1n) is 7.09. The molecule has 2 atom stereocenters. The molecule has 1 nitrogen and oxygen atoms in total. The van der Waals surface area contributed by atoms with Gasteiger partial charge in [0.1, 0.15) is 0 Å². The summed E-state index contributed by atoms with van der Waals surface area (Å²) in [7, 11) is 0. The first-order chi connectivity index (χ1) is 8.27. The zero-order valence-corrected chi connectivity index (χ0v) is 11.0. The summed E-state index contributed by atoms with van der Waals surface area (Å²) < 4.78 is 0. The first kappa shape index (κ1) is 11.3. The topological polar surface area (TPSA) is 3.24 Å². The van der Waals surface area contributed by atoms with Crippen molar-refractivity contribution in [1.82, 2.24) is 4.90 Å². The number of hydrogen-bond donors (Lipinski definition) is 0. The van der Waals surface area contributed by atoms with Crippen molar-refractivity contribution in [2.24, 2.45) is 5.92 Å². The Morgan fingerprint density at radius 1 is 1.12 bits per heavy atom. The van der Waals surface area contributed by atoms with E-state index >= 15 is 0 Å². The van der Waals surface area contributed by atoms with Gasteiger partial charge in [0, 0.05) is 12.0 Å². The lowest BCUT2D eigenvalue weighted by Crippen LogP contribution is -2.37. The number of hydrogen-bond acceptors (Lipinski definition) is 1. The van der Waals surface area contributed by atoms with E-state index in [9.17, 15) is 0 Å². The molecule has 17 heavy (non-hydrogen) atoms. The van der Waals surface area contributed by atoms with Crippen LogP contribution in [-0.2, 0) is 6.42 Å². The molecule has 1 heteroatoms. The van der Waals surface area contributed by atoms with Gasteiger partial charge in [0.2, 0.25) is 0 Å². The van der Waals surface area contributed by atoms with Gasteiger partial charge in [-0.1, -0.05) is 38.1 Å². The minimum atomic E-state index is 0.754. The van der Waals surface area contributed by atoms with Crippen LogP contribution in [-0.4, -0.2) is 24.0 Å². The van der Waals surface area contributed by atoms with Gasteiger partial charge < -0.3 is 0 Å². The average Bonchev–Trinajstić information content (AvgIpc) is 2.95. The van der Waals surface area contributed by atoms with Crippen LogP contribution in [0, 0.1) is 5.92 Å². The highest BCUT2D eigenvalue weighted by atomic mass is 15.2. The fourth-order valence-electron chi connectivity index (χ4n) is 3.84. The quantitative estimate of drug-likeness (QED) is 0.751. The summed E-state index contributed by atoms with van der Waals surface area (Å²) >= 11 is 0. The van der Waals surface area contributed by atoms with Crippen molar-refractivity contribution >= 4 is 0 Å². The first-order valence-corrected chi connectivity index (χ1v) is 7.09. The Morgan fingerprint density at radius 3 is 2.53 bits per heavy atom. The van der Waals surface area contributed by atoms with Gasteiger partial charge in [-0.05, 0) is 49.4 Å². The predicted molar refractivity (Wildman–Crippen MR) is 72.3 cm³/mol. The van der Waals surface area contributed by atoms with Gasteiger partial charge in [-0.25, -0.2) is 0 Å². The Morgan fingerprint density at radius 2 is 1.82 bits per heavy atom. The molecule has 1 aliphatic carbocycles. The van der Waals surface area contributed by atoms with Gasteiger partial charge in [0.15, 0.2) is 0 Å². The SMILES string of the molecule is CC(C)[C@@H]1c2ccccc2C[C@H]1N1CCCC1. The van der Waals surface area contributed by atoms with Crippen molar-refractivity contribution in [3.05, 3.63) is 35.4 Å². The third-order valence-corrected chi connectivity index (χ3v) is 4.59. The Bertz CT molecular complexity index is 390. The summed E-state index contributed by atoms with van der Waals surface area (Å²) in [5.74, 6) is 1.51. The summed E-state index contributed by atoms with van der Waals surface area (Å²) in [6.07, 6.45) is 4.08. The molecule has 0 N–H and O–H groups in total. The van der Waals surface area contributed by atoms with Crippen LogP contribution in [0.25, 0.3) is 0 Å². The number of fused-ring (bicyclic) bond motifs is 1. The Balaban J connectivity index is 1.92. The van der Waals surface area contributed by atoms with Gasteiger partial charge >= 0.3 is 0 Å². The van der Waals surface area contributed by atoms with E-state index in [2.05, 4.69) is 43.0 Å². The third-order valence-electron chi connectivity index (χ3n) is 4.59. The molecule has 0 unspecified atom stereocenters. The van der Waals surface area contributed by atoms with E-state index in [1.807, 2.05) is 0 Å². The van der Waals surface area contributed by atoms with Crippen molar-refractivity contribution in [2.45, 2.75) is 45.1 Å². The molecule has 2 aliphatic rings. The normalized spacial score (nSPS) is 28.9. The summed E-state index contributed by atoms with van der Waals surface area (Å²) in [6, 6.07) is 9.87. The molecule has 0 aromatic heterocycles. The van der Waals surface area contributed by atoms with Gasteiger partial charge in [-0.15, -0.1) is 0 Å². The van der Waals surface area contributed by atoms with Crippen LogP contribution in [0.3, 0.4) is 0 Å². The van der Waals surface area contributed by atoms with E-state index in [0.29, 0.717) is 0 Å². The van der Waals surface area contributed by atoms with E-state index < -0.39 is 0 Å².